The number of rotatable bonds is 3. The summed E-state index contributed by atoms with van der Waals surface area (Å²) in [6.07, 6.45) is 0. The van der Waals surface area contributed by atoms with E-state index in [9.17, 15) is 9.18 Å². The molecular formula is C16H17FN2O. The molecule has 0 bridgehead atoms. The summed E-state index contributed by atoms with van der Waals surface area (Å²) in [5, 5.41) is 2.73. The van der Waals surface area contributed by atoms with Crippen molar-refractivity contribution in [3.8, 4) is 0 Å². The van der Waals surface area contributed by atoms with E-state index in [4.69, 9.17) is 5.73 Å². The largest absolute Gasteiger partial charge is 0.399 e. The summed E-state index contributed by atoms with van der Waals surface area (Å²) in [5.41, 5.74) is 6.85. The first-order valence-electron chi connectivity index (χ1n) is 6.32. The Morgan fingerprint density at radius 3 is 2.40 bits per heavy atom. The second-order valence-electron chi connectivity index (χ2n) is 5.21. The van der Waals surface area contributed by atoms with Gasteiger partial charge >= 0.3 is 0 Å². The van der Waals surface area contributed by atoms with Crippen molar-refractivity contribution in [1.29, 1.82) is 0 Å². The van der Waals surface area contributed by atoms with E-state index >= 15 is 0 Å². The van der Waals surface area contributed by atoms with Gasteiger partial charge in [-0.15, -0.1) is 0 Å². The maximum atomic E-state index is 13.1. The number of carbonyl (C=O) groups excluding carboxylic acids is 1. The van der Waals surface area contributed by atoms with Gasteiger partial charge in [-0.1, -0.05) is 18.2 Å². The third kappa shape index (κ3) is 2.96. The molecule has 0 aliphatic rings. The van der Waals surface area contributed by atoms with E-state index in [2.05, 4.69) is 5.32 Å². The predicted octanol–water partition coefficient (Wildman–Crippen LogP) is 3.32. The average molecular weight is 272 g/mol. The Balaban J connectivity index is 2.21. The monoisotopic (exact) mass is 272 g/mol. The molecule has 0 aliphatic carbocycles. The van der Waals surface area contributed by atoms with Crippen LogP contribution in [0.1, 0.15) is 19.4 Å². The summed E-state index contributed by atoms with van der Waals surface area (Å²) >= 11 is 0. The van der Waals surface area contributed by atoms with Crippen molar-refractivity contribution in [3.05, 3.63) is 59.9 Å². The second kappa shape index (κ2) is 5.33. The van der Waals surface area contributed by atoms with Crippen LogP contribution >= 0.6 is 0 Å². The van der Waals surface area contributed by atoms with Crippen LogP contribution in [-0.2, 0) is 10.2 Å². The smallest absolute Gasteiger partial charge is 0.234 e. The van der Waals surface area contributed by atoms with Crippen molar-refractivity contribution in [2.75, 3.05) is 11.1 Å². The van der Waals surface area contributed by atoms with Crippen LogP contribution in [0.5, 0.6) is 0 Å². The molecule has 0 atom stereocenters. The highest BCUT2D eigenvalue weighted by atomic mass is 19.1. The minimum atomic E-state index is -0.736. The molecule has 0 spiro atoms. The maximum absolute atomic E-state index is 13.1. The van der Waals surface area contributed by atoms with Gasteiger partial charge in [0, 0.05) is 11.4 Å². The van der Waals surface area contributed by atoms with Gasteiger partial charge < -0.3 is 11.1 Å². The molecule has 3 nitrogen and oxygen atoms in total. The molecule has 0 saturated heterocycles. The van der Waals surface area contributed by atoms with Gasteiger partial charge in [-0.25, -0.2) is 4.39 Å². The topological polar surface area (TPSA) is 55.1 Å². The highest BCUT2D eigenvalue weighted by Crippen LogP contribution is 2.26. The lowest BCUT2D eigenvalue weighted by atomic mass is 9.83. The van der Waals surface area contributed by atoms with Gasteiger partial charge in [-0.2, -0.15) is 0 Å². The van der Waals surface area contributed by atoms with E-state index in [1.807, 2.05) is 26.0 Å². The van der Waals surface area contributed by atoms with Crippen molar-refractivity contribution in [2.45, 2.75) is 19.3 Å². The van der Waals surface area contributed by atoms with Crippen molar-refractivity contribution in [1.82, 2.24) is 0 Å². The van der Waals surface area contributed by atoms with Crippen LogP contribution in [0.4, 0.5) is 15.8 Å². The molecule has 4 heteroatoms. The third-order valence-corrected chi connectivity index (χ3v) is 3.28. The van der Waals surface area contributed by atoms with Gasteiger partial charge in [0.1, 0.15) is 5.82 Å². The Morgan fingerprint density at radius 1 is 1.15 bits per heavy atom. The van der Waals surface area contributed by atoms with E-state index < -0.39 is 5.41 Å². The highest BCUT2D eigenvalue weighted by Gasteiger charge is 2.29. The fraction of sp³-hybridized carbons (Fsp3) is 0.188. The summed E-state index contributed by atoms with van der Waals surface area (Å²) in [6, 6.07) is 13.0. The molecule has 0 saturated carbocycles. The number of anilines is 2. The molecule has 2 rings (SSSR count). The van der Waals surface area contributed by atoms with Gasteiger partial charge in [-0.3, -0.25) is 4.79 Å². The molecular weight excluding hydrogens is 255 g/mol. The number of halogens is 1. The molecule has 0 unspecified atom stereocenters. The first-order chi connectivity index (χ1) is 9.39. The van der Waals surface area contributed by atoms with Crippen molar-refractivity contribution < 1.29 is 9.18 Å². The van der Waals surface area contributed by atoms with Gasteiger partial charge in [0.15, 0.2) is 0 Å². The number of nitrogens with one attached hydrogen (secondary N) is 1. The minimum absolute atomic E-state index is 0.201. The first kappa shape index (κ1) is 14.1. The Bertz CT molecular complexity index is 621. The van der Waals surface area contributed by atoms with E-state index in [1.54, 1.807) is 24.3 Å². The normalized spacial score (nSPS) is 11.2. The van der Waals surface area contributed by atoms with Crippen LogP contribution in [-0.4, -0.2) is 5.91 Å². The average Bonchev–Trinajstić information content (AvgIpc) is 2.39. The number of carbonyl (C=O) groups is 1. The molecule has 3 N–H and O–H groups in total. The van der Waals surface area contributed by atoms with E-state index in [0.29, 0.717) is 11.4 Å². The molecule has 2 aromatic rings. The van der Waals surface area contributed by atoms with Crippen LogP contribution in [0.15, 0.2) is 48.5 Å². The van der Waals surface area contributed by atoms with Crippen LogP contribution in [0.2, 0.25) is 0 Å². The SMILES string of the molecule is CC(C)(C(=O)Nc1cccc(F)c1)c1ccc(N)cc1. The molecule has 0 aromatic heterocycles. The molecule has 0 aliphatic heterocycles. The van der Waals surface area contributed by atoms with Crippen LogP contribution in [0.25, 0.3) is 0 Å². The van der Waals surface area contributed by atoms with E-state index in [-0.39, 0.29) is 11.7 Å². The summed E-state index contributed by atoms with van der Waals surface area (Å²) in [4.78, 5) is 12.4. The van der Waals surface area contributed by atoms with Gasteiger partial charge in [0.05, 0.1) is 5.41 Å². The second-order valence-corrected chi connectivity index (χ2v) is 5.21. The zero-order valence-electron chi connectivity index (χ0n) is 11.5. The lowest BCUT2D eigenvalue weighted by Gasteiger charge is -2.24. The predicted molar refractivity (Wildman–Crippen MR) is 78.9 cm³/mol. The lowest BCUT2D eigenvalue weighted by Crippen LogP contribution is -2.34. The maximum Gasteiger partial charge on any atom is 0.234 e. The number of nitrogens with two attached hydrogens (primary N) is 1. The van der Waals surface area contributed by atoms with Gasteiger partial charge in [0.25, 0.3) is 0 Å². The Morgan fingerprint density at radius 2 is 1.80 bits per heavy atom. The van der Waals surface area contributed by atoms with Crippen molar-refractivity contribution >= 4 is 17.3 Å². The molecule has 0 radical (unpaired) electrons. The summed E-state index contributed by atoms with van der Waals surface area (Å²) < 4.78 is 13.1. The number of hydrogen-bond donors (Lipinski definition) is 2. The molecule has 0 heterocycles. The number of nitrogen functional groups attached to an aromatic ring is 1. The third-order valence-electron chi connectivity index (χ3n) is 3.28. The van der Waals surface area contributed by atoms with Crippen molar-refractivity contribution in [3.63, 3.8) is 0 Å². The van der Waals surface area contributed by atoms with E-state index in [0.717, 1.165) is 5.56 Å². The number of amides is 1. The fourth-order valence-corrected chi connectivity index (χ4v) is 1.88. The Labute approximate surface area is 117 Å². The first-order valence-corrected chi connectivity index (χ1v) is 6.32. The standard InChI is InChI=1S/C16H17FN2O/c1-16(2,11-6-8-13(18)9-7-11)15(20)19-14-5-3-4-12(17)10-14/h3-10H,18H2,1-2H3,(H,19,20). The highest BCUT2D eigenvalue weighted by molar-refractivity contribution is 5.98. The van der Waals surface area contributed by atoms with Gasteiger partial charge in [0.2, 0.25) is 5.91 Å². The zero-order valence-corrected chi connectivity index (χ0v) is 11.5. The van der Waals surface area contributed by atoms with E-state index in [1.165, 1.54) is 12.1 Å². The zero-order chi connectivity index (χ0) is 14.8. The van der Waals surface area contributed by atoms with Crippen LogP contribution in [0.3, 0.4) is 0 Å². The Hall–Kier alpha value is -2.36. The number of hydrogen-bond acceptors (Lipinski definition) is 2. The fourth-order valence-electron chi connectivity index (χ4n) is 1.88. The molecule has 104 valence electrons. The van der Waals surface area contributed by atoms with Crippen LogP contribution < -0.4 is 11.1 Å². The summed E-state index contributed by atoms with van der Waals surface area (Å²) in [7, 11) is 0. The minimum Gasteiger partial charge on any atom is -0.399 e. The number of benzene rings is 2. The quantitative estimate of drug-likeness (QED) is 0.842. The Kier molecular flexibility index (Phi) is 3.74. The summed E-state index contributed by atoms with van der Waals surface area (Å²) in [5.74, 6) is -0.582. The molecule has 0 fully saturated rings. The summed E-state index contributed by atoms with van der Waals surface area (Å²) in [6.45, 7) is 3.63. The van der Waals surface area contributed by atoms with Crippen LogP contribution in [0, 0.1) is 5.82 Å². The molecule has 20 heavy (non-hydrogen) atoms. The molecule has 1 amide bonds. The lowest BCUT2D eigenvalue weighted by molar-refractivity contribution is -0.120. The molecule has 2 aromatic carbocycles. The van der Waals surface area contributed by atoms with Gasteiger partial charge in [-0.05, 0) is 49.7 Å². The van der Waals surface area contributed by atoms with Crippen molar-refractivity contribution in [2.24, 2.45) is 0 Å².